The Kier molecular flexibility index (Phi) is 4.71. The lowest BCUT2D eigenvalue weighted by Crippen LogP contribution is -2.43. The fraction of sp³-hybridized carbons (Fsp3) is 0.583. The average Bonchev–Trinajstić information content (AvgIpc) is 2.41. The Morgan fingerprint density at radius 1 is 1.53 bits per heavy atom. The lowest BCUT2D eigenvalue weighted by molar-refractivity contribution is -0.385. The molecule has 0 amide bonds. The minimum absolute atomic E-state index is 0.0481. The van der Waals surface area contributed by atoms with Crippen LogP contribution < -0.4 is 10.1 Å². The normalized spacial score (nSPS) is 23.1. The summed E-state index contributed by atoms with van der Waals surface area (Å²) in [5.41, 5.74) is -0.0481. The highest BCUT2D eigenvalue weighted by atomic mass is 79.9. The Morgan fingerprint density at radius 2 is 2.26 bits per heavy atom. The van der Waals surface area contributed by atoms with Gasteiger partial charge in [0.15, 0.2) is 0 Å². The van der Waals surface area contributed by atoms with E-state index in [9.17, 15) is 10.1 Å². The highest BCUT2D eigenvalue weighted by molar-refractivity contribution is 9.10. The van der Waals surface area contributed by atoms with E-state index >= 15 is 0 Å². The summed E-state index contributed by atoms with van der Waals surface area (Å²) >= 11 is 3.27. The summed E-state index contributed by atoms with van der Waals surface area (Å²) in [4.78, 5) is 14.2. The molecule has 7 heteroatoms. The molecule has 1 aromatic heterocycles. The van der Waals surface area contributed by atoms with Crippen LogP contribution in [0.1, 0.15) is 25.7 Å². The van der Waals surface area contributed by atoms with Gasteiger partial charge in [-0.25, -0.2) is 4.98 Å². The van der Waals surface area contributed by atoms with Crippen LogP contribution in [0, 0.1) is 10.1 Å². The smallest absolute Gasteiger partial charge is 0.288 e. The van der Waals surface area contributed by atoms with E-state index in [0.29, 0.717) is 16.4 Å². The van der Waals surface area contributed by atoms with Crippen LogP contribution in [-0.2, 0) is 0 Å². The summed E-state index contributed by atoms with van der Waals surface area (Å²) in [5, 5.41) is 13.9. The molecule has 0 bridgehead atoms. The van der Waals surface area contributed by atoms with Crippen molar-refractivity contribution in [2.45, 2.75) is 37.8 Å². The maximum atomic E-state index is 10.6. The second-order valence-corrected chi connectivity index (χ2v) is 5.43. The van der Waals surface area contributed by atoms with E-state index in [-0.39, 0.29) is 11.8 Å². The van der Waals surface area contributed by atoms with E-state index in [1.165, 1.54) is 18.7 Å². The number of nitrogens with one attached hydrogen (secondary N) is 1. The zero-order valence-corrected chi connectivity index (χ0v) is 12.2. The fourth-order valence-corrected chi connectivity index (χ4v) is 2.74. The van der Waals surface area contributed by atoms with Crippen LogP contribution in [0.3, 0.4) is 0 Å². The molecule has 6 nitrogen and oxygen atoms in total. The lowest BCUT2D eigenvalue weighted by atomic mass is 9.92. The van der Waals surface area contributed by atoms with Crippen molar-refractivity contribution in [3.05, 3.63) is 26.9 Å². The van der Waals surface area contributed by atoms with Crippen molar-refractivity contribution in [3.8, 4) is 5.88 Å². The first-order chi connectivity index (χ1) is 9.11. The molecule has 1 fully saturated rings. The molecule has 0 spiro atoms. The minimum atomic E-state index is -0.474. The molecule has 2 rings (SSSR count). The Bertz CT molecular complexity index is 470. The quantitative estimate of drug-likeness (QED) is 0.678. The van der Waals surface area contributed by atoms with Crippen LogP contribution in [0.25, 0.3) is 0 Å². The van der Waals surface area contributed by atoms with Gasteiger partial charge in [0.05, 0.1) is 9.40 Å². The zero-order valence-electron chi connectivity index (χ0n) is 10.6. The molecule has 19 heavy (non-hydrogen) atoms. The predicted octanol–water partition coefficient (Wildman–Crippen LogP) is 2.66. The van der Waals surface area contributed by atoms with Crippen LogP contribution in [0.5, 0.6) is 5.88 Å². The molecule has 1 saturated carbocycles. The fourth-order valence-electron chi connectivity index (χ4n) is 2.31. The first-order valence-corrected chi connectivity index (χ1v) is 7.05. The Balaban J connectivity index is 2.11. The van der Waals surface area contributed by atoms with E-state index in [1.807, 2.05) is 7.05 Å². The number of nitro groups is 1. The van der Waals surface area contributed by atoms with E-state index in [1.54, 1.807) is 0 Å². The molecule has 104 valence electrons. The molecule has 1 aromatic rings. The summed E-state index contributed by atoms with van der Waals surface area (Å²) in [5.74, 6) is 0.415. The number of rotatable bonds is 4. The molecule has 1 aliphatic carbocycles. The summed E-state index contributed by atoms with van der Waals surface area (Å²) < 4.78 is 6.40. The molecule has 2 atom stereocenters. The van der Waals surface area contributed by atoms with Gasteiger partial charge in [-0.1, -0.05) is 6.42 Å². The molecule has 0 radical (unpaired) electrons. The van der Waals surface area contributed by atoms with Crippen molar-refractivity contribution in [1.82, 2.24) is 10.3 Å². The second kappa shape index (κ2) is 6.29. The van der Waals surface area contributed by atoms with Gasteiger partial charge in [0.25, 0.3) is 5.69 Å². The molecule has 1 aliphatic rings. The highest BCUT2D eigenvalue weighted by Gasteiger charge is 2.26. The van der Waals surface area contributed by atoms with Crippen molar-refractivity contribution >= 4 is 21.6 Å². The first kappa shape index (κ1) is 14.2. The third kappa shape index (κ3) is 3.42. The highest BCUT2D eigenvalue weighted by Crippen LogP contribution is 2.30. The van der Waals surface area contributed by atoms with Gasteiger partial charge in [-0.15, -0.1) is 0 Å². The number of likely N-dealkylation sites (N-methyl/N-ethyl adjacent to an activating group) is 1. The molecule has 0 aromatic carbocycles. The maximum Gasteiger partial charge on any atom is 0.288 e. The van der Waals surface area contributed by atoms with Crippen LogP contribution in [0.15, 0.2) is 16.7 Å². The number of pyridine rings is 1. The molecule has 1 N–H and O–H groups in total. The summed E-state index contributed by atoms with van der Waals surface area (Å²) in [6, 6.07) is 1.72. The Hall–Kier alpha value is -1.21. The van der Waals surface area contributed by atoms with Crippen molar-refractivity contribution in [1.29, 1.82) is 0 Å². The number of ether oxygens (including phenoxy) is 1. The van der Waals surface area contributed by atoms with Crippen LogP contribution in [0.4, 0.5) is 5.69 Å². The van der Waals surface area contributed by atoms with Crippen LogP contribution in [0.2, 0.25) is 0 Å². The molecule has 0 saturated heterocycles. The monoisotopic (exact) mass is 329 g/mol. The molecule has 2 unspecified atom stereocenters. The van der Waals surface area contributed by atoms with Crippen molar-refractivity contribution in [2.75, 3.05) is 7.05 Å². The van der Waals surface area contributed by atoms with Gasteiger partial charge in [0, 0.05) is 12.1 Å². The topological polar surface area (TPSA) is 77.3 Å². The van der Waals surface area contributed by atoms with Gasteiger partial charge in [0.2, 0.25) is 5.88 Å². The number of aromatic nitrogens is 1. The number of nitrogens with zero attached hydrogens (tertiary/aromatic N) is 2. The summed E-state index contributed by atoms with van der Waals surface area (Å²) in [6.07, 6.45) is 5.65. The lowest BCUT2D eigenvalue weighted by Gasteiger charge is -2.31. The maximum absolute atomic E-state index is 10.6. The first-order valence-electron chi connectivity index (χ1n) is 6.25. The van der Waals surface area contributed by atoms with Gasteiger partial charge in [-0.05, 0) is 42.2 Å². The van der Waals surface area contributed by atoms with Crippen LogP contribution >= 0.6 is 15.9 Å². The average molecular weight is 330 g/mol. The standard InChI is InChI=1S/C12H16BrN3O3/c1-14-10-4-2-3-5-11(10)19-12-9(13)6-8(7-15-12)16(17)18/h6-7,10-11,14H,2-5H2,1H3. The number of halogens is 1. The number of hydrogen-bond donors (Lipinski definition) is 1. The number of hydrogen-bond acceptors (Lipinski definition) is 5. The Morgan fingerprint density at radius 3 is 2.89 bits per heavy atom. The summed E-state index contributed by atoms with van der Waals surface area (Å²) in [6.45, 7) is 0. The van der Waals surface area contributed by atoms with E-state index in [0.717, 1.165) is 19.3 Å². The molecule has 1 heterocycles. The van der Waals surface area contributed by atoms with Gasteiger partial charge >= 0.3 is 0 Å². The third-order valence-electron chi connectivity index (χ3n) is 3.34. The minimum Gasteiger partial charge on any atom is -0.472 e. The van der Waals surface area contributed by atoms with E-state index in [4.69, 9.17) is 4.74 Å². The van der Waals surface area contributed by atoms with Gasteiger partial charge in [-0.3, -0.25) is 10.1 Å². The zero-order chi connectivity index (χ0) is 13.8. The largest absolute Gasteiger partial charge is 0.472 e. The van der Waals surface area contributed by atoms with Gasteiger partial charge < -0.3 is 10.1 Å². The summed E-state index contributed by atoms with van der Waals surface area (Å²) in [7, 11) is 1.92. The molecular weight excluding hydrogens is 314 g/mol. The van der Waals surface area contributed by atoms with E-state index < -0.39 is 4.92 Å². The molecule has 0 aliphatic heterocycles. The van der Waals surface area contributed by atoms with Crippen LogP contribution in [-0.4, -0.2) is 29.1 Å². The van der Waals surface area contributed by atoms with E-state index in [2.05, 4.69) is 26.2 Å². The second-order valence-electron chi connectivity index (χ2n) is 4.57. The van der Waals surface area contributed by atoms with Gasteiger partial charge in [-0.2, -0.15) is 0 Å². The Labute approximate surface area is 119 Å². The third-order valence-corrected chi connectivity index (χ3v) is 3.91. The predicted molar refractivity (Wildman–Crippen MR) is 74.3 cm³/mol. The molecular formula is C12H16BrN3O3. The van der Waals surface area contributed by atoms with Crippen molar-refractivity contribution in [2.24, 2.45) is 0 Å². The van der Waals surface area contributed by atoms with Gasteiger partial charge in [0.1, 0.15) is 12.3 Å². The SMILES string of the molecule is CNC1CCCCC1Oc1ncc([N+](=O)[O-])cc1Br. The van der Waals surface area contributed by atoms with Crippen molar-refractivity contribution < 1.29 is 9.66 Å². The van der Waals surface area contributed by atoms with Crippen molar-refractivity contribution in [3.63, 3.8) is 0 Å².